The van der Waals surface area contributed by atoms with Crippen molar-refractivity contribution in [1.82, 2.24) is 10.6 Å². The molecule has 26 heavy (non-hydrogen) atoms. The van der Waals surface area contributed by atoms with E-state index in [0.29, 0.717) is 52.9 Å². The summed E-state index contributed by atoms with van der Waals surface area (Å²) in [4.78, 5) is 4.10. The van der Waals surface area contributed by atoms with Crippen LogP contribution in [0, 0.1) is 5.92 Å². The highest BCUT2D eigenvalue weighted by Crippen LogP contribution is 2.35. The number of halogens is 4. The smallest absolute Gasteiger partial charge is 0.191 e. The second-order valence-electron chi connectivity index (χ2n) is 5.70. The Bertz CT molecular complexity index is 724. The van der Waals surface area contributed by atoms with E-state index in [2.05, 4.69) is 15.6 Å². The number of hydrogen-bond donors (Lipinski definition) is 2. The second kappa shape index (κ2) is 11.0. The van der Waals surface area contributed by atoms with Crippen molar-refractivity contribution < 1.29 is 13.2 Å². The number of ether oxygens (including phenoxy) is 1. The van der Waals surface area contributed by atoms with E-state index in [9.17, 15) is 8.42 Å². The van der Waals surface area contributed by atoms with Crippen molar-refractivity contribution in [2.75, 3.05) is 38.2 Å². The molecule has 1 fully saturated rings. The van der Waals surface area contributed by atoms with Crippen LogP contribution in [0.2, 0.25) is 15.1 Å². The fraction of sp³-hybridized carbons (Fsp3) is 0.533. The molecule has 1 aromatic carbocycles. The van der Waals surface area contributed by atoms with Gasteiger partial charge in [-0.15, -0.1) is 24.0 Å². The molecule has 11 heteroatoms. The lowest BCUT2D eigenvalue weighted by atomic mass is 10.1. The molecule has 6 nitrogen and oxygen atoms in total. The number of benzene rings is 1. The third kappa shape index (κ3) is 7.46. The van der Waals surface area contributed by atoms with Crippen LogP contribution in [-0.2, 0) is 9.84 Å². The molecule has 0 aromatic heterocycles. The third-order valence-corrected chi connectivity index (χ3v) is 6.33. The van der Waals surface area contributed by atoms with Crippen LogP contribution < -0.4 is 15.4 Å². The zero-order valence-electron chi connectivity index (χ0n) is 14.1. The van der Waals surface area contributed by atoms with Crippen molar-refractivity contribution in [3.63, 3.8) is 0 Å². The van der Waals surface area contributed by atoms with E-state index in [1.54, 1.807) is 19.2 Å². The molecular weight excluding hydrogens is 536 g/mol. The summed E-state index contributed by atoms with van der Waals surface area (Å²) in [6.07, 6.45) is 0.684. The monoisotopic (exact) mass is 555 g/mol. The minimum Gasteiger partial charge on any atom is -0.489 e. The van der Waals surface area contributed by atoms with Crippen LogP contribution in [0.25, 0.3) is 0 Å². The molecule has 0 amide bonds. The molecule has 148 valence electrons. The van der Waals surface area contributed by atoms with Gasteiger partial charge in [0.05, 0.1) is 28.1 Å². The molecule has 1 atom stereocenters. The number of guanidine groups is 1. The van der Waals surface area contributed by atoms with Gasteiger partial charge in [-0.1, -0.05) is 34.8 Å². The van der Waals surface area contributed by atoms with Gasteiger partial charge in [-0.3, -0.25) is 4.99 Å². The van der Waals surface area contributed by atoms with E-state index in [1.165, 1.54) is 0 Å². The van der Waals surface area contributed by atoms with Gasteiger partial charge < -0.3 is 15.4 Å². The fourth-order valence-electron chi connectivity index (χ4n) is 2.48. The Morgan fingerprint density at radius 1 is 1.27 bits per heavy atom. The van der Waals surface area contributed by atoms with E-state index >= 15 is 0 Å². The maximum Gasteiger partial charge on any atom is 0.191 e. The molecule has 1 saturated heterocycles. The standard InChI is InChI=1S/C15H20Cl3N3O3S.HI/c1-19-15(21-8-10-2-5-25(22,23)9-10)20-3-4-24-14-12(17)6-11(16)7-13(14)18;/h6-7,10H,2-5,8-9H2,1H3,(H2,19,20,21);1H. The Morgan fingerprint density at radius 2 is 1.92 bits per heavy atom. The highest BCUT2D eigenvalue weighted by atomic mass is 127. The summed E-state index contributed by atoms with van der Waals surface area (Å²) in [5.74, 6) is 1.58. The number of rotatable bonds is 6. The molecule has 0 spiro atoms. The van der Waals surface area contributed by atoms with Crippen molar-refractivity contribution in [1.29, 1.82) is 0 Å². The molecule has 1 aliphatic heterocycles. The average Bonchev–Trinajstić information content (AvgIpc) is 2.87. The molecule has 1 heterocycles. The van der Waals surface area contributed by atoms with Crippen LogP contribution in [0.15, 0.2) is 17.1 Å². The van der Waals surface area contributed by atoms with E-state index in [0.717, 1.165) is 0 Å². The van der Waals surface area contributed by atoms with Crippen LogP contribution in [0.4, 0.5) is 0 Å². The van der Waals surface area contributed by atoms with Crippen LogP contribution in [-0.4, -0.2) is 52.6 Å². The quantitative estimate of drug-likeness (QED) is 0.244. The normalized spacial score (nSPS) is 18.9. The predicted molar refractivity (Wildman–Crippen MR) is 119 cm³/mol. The Kier molecular flexibility index (Phi) is 10.1. The number of aliphatic imine (C=N–C) groups is 1. The van der Waals surface area contributed by atoms with Gasteiger partial charge in [-0.25, -0.2) is 8.42 Å². The fourth-order valence-corrected chi connectivity index (χ4v) is 5.27. The van der Waals surface area contributed by atoms with Gasteiger partial charge in [-0.2, -0.15) is 0 Å². The zero-order chi connectivity index (χ0) is 18.4. The van der Waals surface area contributed by atoms with Crippen LogP contribution in [0.5, 0.6) is 5.75 Å². The van der Waals surface area contributed by atoms with Crippen LogP contribution >= 0.6 is 58.8 Å². The Balaban J connectivity index is 0.00000338. The highest BCUT2D eigenvalue weighted by Gasteiger charge is 2.27. The maximum absolute atomic E-state index is 11.5. The lowest BCUT2D eigenvalue weighted by molar-refractivity contribution is 0.322. The first kappa shape index (κ1) is 23.9. The predicted octanol–water partition coefficient (Wildman–Crippen LogP) is 3.24. The molecule has 1 aliphatic rings. The molecule has 1 unspecified atom stereocenters. The Morgan fingerprint density at radius 3 is 2.46 bits per heavy atom. The van der Waals surface area contributed by atoms with E-state index in [4.69, 9.17) is 39.5 Å². The minimum atomic E-state index is -2.87. The first-order valence-electron chi connectivity index (χ1n) is 7.73. The van der Waals surface area contributed by atoms with E-state index in [-0.39, 0.29) is 41.4 Å². The van der Waals surface area contributed by atoms with Gasteiger partial charge in [-0.05, 0) is 24.5 Å². The summed E-state index contributed by atoms with van der Waals surface area (Å²) in [5, 5.41) is 7.36. The number of nitrogens with one attached hydrogen (secondary N) is 2. The first-order chi connectivity index (χ1) is 11.8. The molecule has 2 N–H and O–H groups in total. The van der Waals surface area contributed by atoms with Gasteiger partial charge in [0.1, 0.15) is 6.61 Å². The molecular formula is C15H21Cl3IN3O3S. The van der Waals surface area contributed by atoms with Crippen LogP contribution in [0.3, 0.4) is 0 Å². The lowest BCUT2D eigenvalue weighted by Gasteiger charge is -2.15. The summed E-state index contributed by atoms with van der Waals surface area (Å²) in [7, 11) is -1.22. The van der Waals surface area contributed by atoms with Crippen molar-refractivity contribution >= 4 is 74.6 Å². The first-order valence-corrected chi connectivity index (χ1v) is 10.7. The summed E-state index contributed by atoms with van der Waals surface area (Å²) >= 11 is 18.0. The molecule has 0 bridgehead atoms. The number of hydrogen-bond acceptors (Lipinski definition) is 4. The van der Waals surface area contributed by atoms with Crippen molar-refractivity contribution in [3.8, 4) is 5.75 Å². The molecule has 0 aliphatic carbocycles. The molecule has 0 radical (unpaired) electrons. The Labute approximate surface area is 185 Å². The highest BCUT2D eigenvalue weighted by molar-refractivity contribution is 14.0. The summed E-state index contributed by atoms with van der Waals surface area (Å²) in [6.45, 7) is 1.35. The molecule has 0 saturated carbocycles. The Hall–Kier alpha value is -0.160. The minimum absolute atomic E-state index is 0. The van der Waals surface area contributed by atoms with Gasteiger partial charge in [0.15, 0.2) is 21.5 Å². The number of nitrogens with zero attached hydrogens (tertiary/aromatic N) is 1. The summed E-state index contributed by atoms with van der Waals surface area (Å²) in [5.41, 5.74) is 0. The summed E-state index contributed by atoms with van der Waals surface area (Å²) < 4.78 is 28.5. The van der Waals surface area contributed by atoms with Gasteiger partial charge in [0, 0.05) is 18.6 Å². The number of sulfone groups is 1. The summed E-state index contributed by atoms with van der Waals surface area (Å²) in [6, 6.07) is 3.13. The maximum atomic E-state index is 11.5. The van der Waals surface area contributed by atoms with Crippen molar-refractivity contribution in [2.45, 2.75) is 6.42 Å². The molecule has 1 aromatic rings. The van der Waals surface area contributed by atoms with E-state index < -0.39 is 9.84 Å². The lowest BCUT2D eigenvalue weighted by Crippen LogP contribution is -2.41. The van der Waals surface area contributed by atoms with Gasteiger partial charge in [0.2, 0.25) is 0 Å². The second-order valence-corrected chi connectivity index (χ2v) is 9.18. The SMILES string of the molecule is CN=C(NCCOc1c(Cl)cc(Cl)cc1Cl)NCC1CCS(=O)(=O)C1.I. The molecule has 2 rings (SSSR count). The van der Waals surface area contributed by atoms with Crippen LogP contribution in [0.1, 0.15) is 6.42 Å². The average molecular weight is 557 g/mol. The van der Waals surface area contributed by atoms with Gasteiger partial charge >= 0.3 is 0 Å². The third-order valence-electron chi connectivity index (χ3n) is 3.71. The largest absolute Gasteiger partial charge is 0.489 e. The van der Waals surface area contributed by atoms with E-state index in [1.807, 2.05) is 0 Å². The van der Waals surface area contributed by atoms with Crippen molar-refractivity contribution in [3.05, 3.63) is 27.2 Å². The van der Waals surface area contributed by atoms with Gasteiger partial charge in [0.25, 0.3) is 0 Å². The zero-order valence-corrected chi connectivity index (χ0v) is 19.5. The van der Waals surface area contributed by atoms with Crippen molar-refractivity contribution in [2.24, 2.45) is 10.9 Å². The topological polar surface area (TPSA) is 79.8 Å².